The Morgan fingerprint density at radius 1 is 1.24 bits per heavy atom. The quantitative estimate of drug-likeness (QED) is 0.432. The minimum absolute atomic E-state index is 0.413. The van der Waals surface area contributed by atoms with Crippen LogP contribution in [0.4, 0.5) is 0 Å². The smallest absolute Gasteiger partial charge is 0.129 e. The summed E-state index contributed by atoms with van der Waals surface area (Å²) in [6.07, 6.45) is 5.50. The molecular weight excluding hydrogens is 355 g/mol. The zero-order chi connectivity index (χ0) is 18.2. The summed E-state index contributed by atoms with van der Waals surface area (Å²) in [5.41, 5.74) is 3.35. The molecule has 0 radical (unpaired) electrons. The van der Waals surface area contributed by atoms with Crippen molar-refractivity contribution < 1.29 is 4.84 Å². The summed E-state index contributed by atoms with van der Waals surface area (Å²) >= 11 is 12.1. The van der Waals surface area contributed by atoms with Crippen molar-refractivity contribution in [3.05, 3.63) is 39.4 Å². The number of hydrogen-bond acceptors (Lipinski definition) is 3. The topological polar surface area (TPSA) is 24.8 Å². The Balaban J connectivity index is 2.10. The Kier molecular flexibility index (Phi) is 8.28. The van der Waals surface area contributed by atoms with E-state index in [1.165, 1.54) is 12.0 Å². The van der Waals surface area contributed by atoms with Crippen LogP contribution in [0, 0.1) is 5.92 Å². The van der Waals surface area contributed by atoms with Crippen molar-refractivity contribution in [1.82, 2.24) is 4.90 Å². The van der Waals surface area contributed by atoms with Crippen LogP contribution in [-0.2, 0) is 4.84 Å². The zero-order valence-electron chi connectivity index (χ0n) is 15.4. The van der Waals surface area contributed by atoms with Crippen LogP contribution >= 0.6 is 23.2 Å². The second-order valence-electron chi connectivity index (χ2n) is 6.47. The Bertz CT molecular complexity index is 624. The number of allylic oxidation sites excluding steroid dienone is 1. The van der Waals surface area contributed by atoms with Crippen molar-refractivity contribution in [1.29, 1.82) is 0 Å². The first-order valence-corrected chi connectivity index (χ1v) is 9.88. The minimum Gasteiger partial charge on any atom is -0.394 e. The average Bonchev–Trinajstić information content (AvgIpc) is 2.60. The van der Waals surface area contributed by atoms with Gasteiger partial charge in [-0.1, -0.05) is 55.2 Å². The van der Waals surface area contributed by atoms with Gasteiger partial charge in [0.2, 0.25) is 0 Å². The van der Waals surface area contributed by atoms with Gasteiger partial charge in [-0.2, -0.15) is 0 Å². The Morgan fingerprint density at radius 3 is 2.68 bits per heavy atom. The van der Waals surface area contributed by atoms with Gasteiger partial charge in [-0.25, -0.2) is 0 Å². The average molecular weight is 383 g/mol. The molecular formula is C20H28Cl2N2O. The third-order valence-electron chi connectivity index (χ3n) is 4.72. The number of oxime groups is 1. The predicted molar refractivity (Wildman–Crippen MR) is 109 cm³/mol. The number of nitrogens with zero attached hydrogens (tertiary/aromatic N) is 2. The highest BCUT2D eigenvalue weighted by molar-refractivity contribution is 6.42. The first-order valence-electron chi connectivity index (χ1n) is 9.13. The molecule has 1 saturated carbocycles. The fraction of sp³-hybridized carbons (Fsp3) is 0.550. The second-order valence-corrected chi connectivity index (χ2v) is 7.29. The van der Waals surface area contributed by atoms with Crippen molar-refractivity contribution in [2.45, 2.75) is 40.0 Å². The predicted octanol–water partition coefficient (Wildman–Crippen LogP) is 5.91. The van der Waals surface area contributed by atoms with E-state index in [1.54, 1.807) is 0 Å². The lowest BCUT2D eigenvalue weighted by molar-refractivity contribution is 0.113. The number of hydrogen-bond donors (Lipinski definition) is 0. The van der Waals surface area contributed by atoms with E-state index in [0.29, 0.717) is 22.6 Å². The molecule has 0 bridgehead atoms. The largest absolute Gasteiger partial charge is 0.394 e. The molecule has 1 aromatic rings. The lowest BCUT2D eigenvalue weighted by atomic mass is 9.84. The number of rotatable bonds is 7. The van der Waals surface area contributed by atoms with Crippen LogP contribution in [0.1, 0.15) is 45.6 Å². The summed E-state index contributed by atoms with van der Waals surface area (Å²) in [7, 11) is 0. The molecule has 0 amide bonds. The van der Waals surface area contributed by atoms with Gasteiger partial charge in [0.25, 0.3) is 0 Å². The molecule has 138 valence electrons. The second kappa shape index (κ2) is 10.2. The highest BCUT2D eigenvalue weighted by Gasteiger charge is 2.21. The maximum Gasteiger partial charge on any atom is 0.129 e. The molecule has 0 aliphatic heterocycles. The number of halogens is 2. The molecule has 25 heavy (non-hydrogen) atoms. The number of likely N-dealkylation sites (N-methyl/N-ethyl adjacent to an activating group) is 1. The van der Waals surface area contributed by atoms with Crippen LogP contribution < -0.4 is 0 Å². The van der Waals surface area contributed by atoms with Crippen LogP contribution in [-0.4, -0.2) is 36.9 Å². The lowest BCUT2D eigenvalue weighted by Crippen LogP contribution is -2.27. The molecule has 0 aromatic heterocycles. The summed E-state index contributed by atoms with van der Waals surface area (Å²) in [6.45, 7) is 10.1. The summed E-state index contributed by atoms with van der Waals surface area (Å²) in [5.74, 6) is 0.413. The number of benzene rings is 1. The Morgan fingerprint density at radius 2 is 2.00 bits per heavy atom. The van der Waals surface area contributed by atoms with Crippen LogP contribution in [0.2, 0.25) is 10.0 Å². The van der Waals surface area contributed by atoms with Gasteiger partial charge in [0.15, 0.2) is 0 Å². The van der Waals surface area contributed by atoms with Crippen LogP contribution in [0.25, 0.3) is 6.08 Å². The SMILES string of the molecule is CCN(CC)CCON=C1C(=Cc2ccc(Cl)c(Cl)c2)CCC[C@@H]1C. The molecule has 0 unspecified atom stereocenters. The van der Waals surface area contributed by atoms with E-state index in [-0.39, 0.29) is 0 Å². The fourth-order valence-electron chi connectivity index (χ4n) is 3.10. The highest BCUT2D eigenvalue weighted by atomic mass is 35.5. The normalized spacial score (nSPS) is 21.3. The maximum absolute atomic E-state index is 6.14. The van der Waals surface area contributed by atoms with E-state index in [9.17, 15) is 0 Å². The highest BCUT2D eigenvalue weighted by Crippen LogP contribution is 2.29. The molecule has 5 heteroatoms. The molecule has 3 nitrogen and oxygen atoms in total. The fourth-order valence-corrected chi connectivity index (χ4v) is 3.41. The molecule has 1 aliphatic carbocycles. The first kappa shape index (κ1) is 20.3. The maximum atomic E-state index is 6.14. The monoisotopic (exact) mass is 382 g/mol. The third-order valence-corrected chi connectivity index (χ3v) is 5.46. The third kappa shape index (κ3) is 6.02. The van der Waals surface area contributed by atoms with E-state index in [0.717, 1.165) is 43.8 Å². The summed E-state index contributed by atoms with van der Waals surface area (Å²) < 4.78 is 0. The minimum atomic E-state index is 0.413. The van der Waals surface area contributed by atoms with Crippen molar-refractivity contribution in [2.24, 2.45) is 11.1 Å². The Labute approximate surface area is 161 Å². The van der Waals surface area contributed by atoms with E-state index in [4.69, 9.17) is 28.0 Å². The first-order chi connectivity index (χ1) is 12.0. The lowest BCUT2D eigenvalue weighted by Gasteiger charge is -2.23. The van der Waals surface area contributed by atoms with Crippen molar-refractivity contribution in [3.8, 4) is 0 Å². The summed E-state index contributed by atoms with van der Waals surface area (Å²) in [6, 6.07) is 5.72. The molecule has 0 N–H and O–H groups in total. The molecule has 0 saturated heterocycles. The molecule has 2 rings (SSSR count). The van der Waals surface area contributed by atoms with Gasteiger partial charge >= 0.3 is 0 Å². The van der Waals surface area contributed by atoms with Gasteiger partial charge in [-0.15, -0.1) is 0 Å². The van der Waals surface area contributed by atoms with Gasteiger partial charge in [0.05, 0.1) is 15.8 Å². The van der Waals surface area contributed by atoms with Gasteiger partial charge < -0.3 is 9.74 Å². The van der Waals surface area contributed by atoms with Crippen LogP contribution in [0.5, 0.6) is 0 Å². The van der Waals surface area contributed by atoms with Crippen molar-refractivity contribution >= 4 is 35.0 Å². The van der Waals surface area contributed by atoms with Crippen LogP contribution in [0.3, 0.4) is 0 Å². The molecule has 1 atom stereocenters. The van der Waals surface area contributed by atoms with Crippen LogP contribution in [0.15, 0.2) is 28.9 Å². The molecule has 0 heterocycles. The van der Waals surface area contributed by atoms with E-state index in [2.05, 4.69) is 36.9 Å². The van der Waals surface area contributed by atoms with Crippen molar-refractivity contribution in [3.63, 3.8) is 0 Å². The van der Waals surface area contributed by atoms with Gasteiger partial charge in [0, 0.05) is 12.5 Å². The van der Waals surface area contributed by atoms with Gasteiger partial charge in [-0.05, 0) is 61.7 Å². The molecule has 0 spiro atoms. The molecule has 1 fully saturated rings. The zero-order valence-corrected chi connectivity index (χ0v) is 16.9. The van der Waals surface area contributed by atoms with Crippen molar-refractivity contribution in [2.75, 3.05) is 26.2 Å². The van der Waals surface area contributed by atoms with E-state index >= 15 is 0 Å². The molecule has 1 aliphatic rings. The molecule has 1 aromatic carbocycles. The Hall–Kier alpha value is -1.03. The van der Waals surface area contributed by atoms with Gasteiger partial charge in [0.1, 0.15) is 6.61 Å². The summed E-state index contributed by atoms with van der Waals surface area (Å²) in [4.78, 5) is 7.98. The summed E-state index contributed by atoms with van der Waals surface area (Å²) in [5, 5.41) is 5.64. The van der Waals surface area contributed by atoms with Gasteiger partial charge in [-0.3, -0.25) is 0 Å². The van der Waals surface area contributed by atoms with E-state index < -0.39 is 0 Å². The standard InChI is InChI=1S/C20H28Cl2N2O/c1-4-24(5-2)11-12-25-23-20-15(3)7-6-8-17(20)13-16-9-10-18(21)19(22)14-16/h9-10,13-15H,4-8,11-12H2,1-3H3/t15-/m0/s1. The van der Waals surface area contributed by atoms with E-state index in [1.807, 2.05) is 18.2 Å².